The van der Waals surface area contributed by atoms with E-state index in [4.69, 9.17) is 0 Å². The Labute approximate surface area is 122 Å². The summed E-state index contributed by atoms with van der Waals surface area (Å²) in [6.07, 6.45) is 3.48. The highest BCUT2D eigenvalue weighted by molar-refractivity contribution is 7.91. The largest absolute Gasteiger partial charge is 0.478 e. The van der Waals surface area contributed by atoms with Crippen LogP contribution in [-0.2, 0) is 23.1 Å². The highest BCUT2D eigenvalue weighted by Gasteiger charge is 2.27. The maximum Gasteiger partial charge on any atom is 0.339 e. The van der Waals surface area contributed by atoms with Crippen molar-refractivity contribution in [2.45, 2.75) is 45.6 Å². The summed E-state index contributed by atoms with van der Waals surface area (Å²) in [4.78, 5) is 12.4. The number of aromatic carboxylic acids is 1. The molecule has 112 valence electrons. The summed E-state index contributed by atoms with van der Waals surface area (Å²) in [7, 11) is -3.74. The lowest BCUT2D eigenvalue weighted by molar-refractivity contribution is 0.0697. The Balaban J connectivity index is 2.37. The number of carbonyl (C=O) groups is 1. The second kappa shape index (κ2) is 5.71. The molecule has 1 heterocycles. The minimum absolute atomic E-state index is 0.110. The molecule has 0 saturated carbocycles. The van der Waals surface area contributed by atoms with E-state index < -0.39 is 16.2 Å². The van der Waals surface area contributed by atoms with Gasteiger partial charge in [-0.25, -0.2) is 4.79 Å². The summed E-state index contributed by atoms with van der Waals surface area (Å²) in [5, 5.41) is 9.55. The van der Waals surface area contributed by atoms with Gasteiger partial charge in [0.2, 0.25) is 0 Å². The summed E-state index contributed by atoms with van der Waals surface area (Å²) < 4.78 is 28.5. The molecule has 2 rings (SSSR count). The van der Waals surface area contributed by atoms with Crippen LogP contribution in [0.3, 0.4) is 0 Å². The molecule has 0 fully saturated rings. The molecule has 3 N–H and O–H groups in total. The minimum atomic E-state index is -3.74. The molecule has 8 heteroatoms. The Morgan fingerprint density at radius 1 is 1.30 bits per heavy atom. The number of aryl methyl sites for hydroxylation is 1. The van der Waals surface area contributed by atoms with Gasteiger partial charge in [0.1, 0.15) is 5.00 Å². The van der Waals surface area contributed by atoms with Crippen LogP contribution in [0.4, 0.5) is 5.00 Å². The maximum absolute atomic E-state index is 11.9. The van der Waals surface area contributed by atoms with Crippen molar-refractivity contribution in [1.82, 2.24) is 4.72 Å². The lowest BCUT2D eigenvalue weighted by Crippen LogP contribution is -2.35. The predicted molar refractivity (Wildman–Crippen MR) is 78.7 cm³/mol. The summed E-state index contributed by atoms with van der Waals surface area (Å²) >= 11 is 1.23. The standard InChI is InChI=1S/C12H18N2O4S2/c1-7(2)13-20(17,18)14-11-10(12(15)16)8-5-3-4-6-9(8)19-11/h7,13-14H,3-6H2,1-2H3,(H,15,16). The van der Waals surface area contributed by atoms with E-state index in [9.17, 15) is 18.3 Å². The molecular formula is C12H18N2O4S2. The molecule has 0 unspecified atom stereocenters. The number of rotatable bonds is 5. The van der Waals surface area contributed by atoms with Crippen LogP contribution in [0, 0.1) is 0 Å². The van der Waals surface area contributed by atoms with E-state index in [1.807, 2.05) is 0 Å². The Morgan fingerprint density at radius 3 is 2.55 bits per heavy atom. The molecule has 1 aromatic rings. The topological polar surface area (TPSA) is 95.5 Å². The summed E-state index contributed by atoms with van der Waals surface area (Å²) in [5.74, 6) is -1.08. The quantitative estimate of drug-likeness (QED) is 0.773. The molecule has 0 amide bonds. The number of carboxylic acids is 1. The van der Waals surface area contributed by atoms with Gasteiger partial charge < -0.3 is 5.11 Å². The van der Waals surface area contributed by atoms with Gasteiger partial charge in [-0.2, -0.15) is 13.1 Å². The van der Waals surface area contributed by atoms with Crippen LogP contribution in [0.15, 0.2) is 0 Å². The smallest absolute Gasteiger partial charge is 0.339 e. The zero-order valence-electron chi connectivity index (χ0n) is 11.4. The number of thiophene rings is 1. The molecule has 0 atom stereocenters. The van der Waals surface area contributed by atoms with Gasteiger partial charge in [0.25, 0.3) is 10.2 Å². The Kier molecular flexibility index (Phi) is 4.36. The normalized spacial score (nSPS) is 15.2. The fourth-order valence-electron chi connectivity index (χ4n) is 2.33. The van der Waals surface area contributed by atoms with Gasteiger partial charge in [-0.05, 0) is 45.1 Å². The van der Waals surface area contributed by atoms with Gasteiger partial charge in [0, 0.05) is 10.9 Å². The third-order valence-corrected chi connectivity index (χ3v) is 5.59. The van der Waals surface area contributed by atoms with Crippen molar-refractivity contribution < 1.29 is 18.3 Å². The Hall–Kier alpha value is -1.12. The molecular weight excluding hydrogens is 300 g/mol. The van der Waals surface area contributed by atoms with Gasteiger partial charge in [-0.15, -0.1) is 11.3 Å². The fourth-order valence-corrected chi connectivity index (χ4v) is 4.98. The summed E-state index contributed by atoms with van der Waals surface area (Å²) in [6.45, 7) is 3.41. The van der Waals surface area contributed by atoms with Gasteiger partial charge >= 0.3 is 5.97 Å². The van der Waals surface area contributed by atoms with E-state index in [2.05, 4.69) is 9.44 Å². The van der Waals surface area contributed by atoms with E-state index in [1.54, 1.807) is 13.8 Å². The van der Waals surface area contributed by atoms with Crippen LogP contribution in [0.2, 0.25) is 0 Å². The predicted octanol–water partition coefficient (Wildman–Crippen LogP) is 1.98. The van der Waals surface area contributed by atoms with Gasteiger partial charge in [0.15, 0.2) is 0 Å². The number of nitrogens with one attached hydrogen (secondary N) is 2. The van der Waals surface area contributed by atoms with Crippen molar-refractivity contribution in [1.29, 1.82) is 0 Å². The first-order chi connectivity index (χ1) is 9.30. The van der Waals surface area contributed by atoms with Crippen molar-refractivity contribution in [2.24, 2.45) is 0 Å². The highest BCUT2D eigenvalue weighted by atomic mass is 32.2. The Bertz CT molecular complexity index is 620. The van der Waals surface area contributed by atoms with Crippen molar-refractivity contribution in [3.63, 3.8) is 0 Å². The highest BCUT2D eigenvalue weighted by Crippen LogP contribution is 2.38. The zero-order chi connectivity index (χ0) is 14.9. The summed E-state index contributed by atoms with van der Waals surface area (Å²) in [5.41, 5.74) is 0.898. The molecule has 20 heavy (non-hydrogen) atoms. The molecule has 1 aliphatic rings. The van der Waals surface area contributed by atoms with Gasteiger partial charge in [0.05, 0.1) is 5.56 Å². The minimum Gasteiger partial charge on any atom is -0.478 e. The number of hydrogen-bond donors (Lipinski definition) is 3. The number of fused-ring (bicyclic) bond motifs is 1. The second-order valence-electron chi connectivity index (χ2n) is 5.10. The molecule has 0 aliphatic heterocycles. The third kappa shape index (κ3) is 3.31. The molecule has 0 bridgehead atoms. The van der Waals surface area contributed by atoms with Crippen LogP contribution in [-0.4, -0.2) is 25.5 Å². The average molecular weight is 318 g/mol. The van der Waals surface area contributed by atoms with Crippen molar-refractivity contribution in [3.8, 4) is 0 Å². The zero-order valence-corrected chi connectivity index (χ0v) is 13.0. The van der Waals surface area contributed by atoms with Crippen molar-refractivity contribution >= 4 is 32.5 Å². The third-order valence-electron chi connectivity index (χ3n) is 3.00. The van der Waals surface area contributed by atoms with E-state index in [1.165, 1.54) is 11.3 Å². The number of anilines is 1. The molecule has 0 spiro atoms. The van der Waals surface area contributed by atoms with Gasteiger partial charge in [-0.3, -0.25) is 4.72 Å². The SMILES string of the molecule is CC(C)NS(=O)(=O)Nc1sc2c(c1C(=O)O)CCCC2. The first kappa shape index (κ1) is 15.3. The molecule has 1 aliphatic carbocycles. The van der Waals surface area contributed by atoms with Crippen molar-refractivity contribution in [3.05, 3.63) is 16.0 Å². The van der Waals surface area contributed by atoms with Crippen LogP contribution >= 0.6 is 11.3 Å². The van der Waals surface area contributed by atoms with E-state index in [-0.39, 0.29) is 16.6 Å². The maximum atomic E-state index is 11.9. The van der Waals surface area contributed by atoms with E-state index in [0.29, 0.717) is 6.42 Å². The molecule has 1 aromatic heterocycles. The summed E-state index contributed by atoms with van der Waals surface area (Å²) in [6, 6.07) is -0.254. The first-order valence-corrected chi connectivity index (χ1v) is 8.78. The lowest BCUT2D eigenvalue weighted by Gasteiger charge is -2.12. The first-order valence-electron chi connectivity index (χ1n) is 6.48. The van der Waals surface area contributed by atoms with Crippen LogP contribution < -0.4 is 9.44 Å². The number of hydrogen-bond acceptors (Lipinski definition) is 4. The fraction of sp³-hybridized carbons (Fsp3) is 0.583. The number of carboxylic acid groups (broad SMARTS) is 1. The van der Waals surface area contributed by atoms with Crippen molar-refractivity contribution in [2.75, 3.05) is 4.72 Å². The molecule has 0 radical (unpaired) electrons. The second-order valence-corrected chi connectivity index (χ2v) is 7.65. The lowest BCUT2D eigenvalue weighted by atomic mass is 9.96. The Morgan fingerprint density at radius 2 is 1.95 bits per heavy atom. The molecule has 6 nitrogen and oxygen atoms in total. The molecule has 0 aromatic carbocycles. The molecule has 0 saturated heterocycles. The van der Waals surface area contributed by atoms with Crippen LogP contribution in [0.1, 0.15) is 47.5 Å². The van der Waals surface area contributed by atoms with Crippen LogP contribution in [0.5, 0.6) is 0 Å². The van der Waals surface area contributed by atoms with E-state index >= 15 is 0 Å². The van der Waals surface area contributed by atoms with E-state index in [0.717, 1.165) is 29.7 Å². The average Bonchev–Trinajstić information content (AvgIpc) is 2.63. The van der Waals surface area contributed by atoms with Gasteiger partial charge in [-0.1, -0.05) is 0 Å². The monoisotopic (exact) mass is 318 g/mol. The van der Waals surface area contributed by atoms with Crippen LogP contribution in [0.25, 0.3) is 0 Å².